The van der Waals surface area contributed by atoms with Crippen molar-refractivity contribution in [2.45, 2.75) is 38.1 Å². The minimum atomic E-state index is -0.291. The van der Waals surface area contributed by atoms with Crippen molar-refractivity contribution in [2.24, 2.45) is 11.7 Å². The highest BCUT2D eigenvalue weighted by Crippen LogP contribution is 2.20. The molecule has 5 nitrogen and oxygen atoms in total. The number of primary amides is 1. The van der Waals surface area contributed by atoms with Gasteiger partial charge in [-0.25, -0.2) is 4.79 Å². The number of nitrogens with one attached hydrogen (secondary N) is 1. The van der Waals surface area contributed by atoms with Crippen molar-refractivity contribution in [3.05, 3.63) is 0 Å². The first-order valence-electron chi connectivity index (χ1n) is 6.01. The summed E-state index contributed by atoms with van der Waals surface area (Å²) < 4.78 is 0. The average molecular weight is 225 g/mol. The van der Waals surface area contributed by atoms with Crippen LogP contribution in [0.3, 0.4) is 0 Å². The van der Waals surface area contributed by atoms with Crippen LogP contribution in [-0.4, -0.2) is 36.0 Å². The number of nitrogens with zero attached hydrogens (tertiary/aromatic N) is 1. The zero-order valence-electron chi connectivity index (χ0n) is 9.45. The van der Waals surface area contributed by atoms with E-state index in [-0.39, 0.29) is 17.9 Å². The lowest BCUT2D eigenvalue weighted by molar-refractivity contribution is -0.123. The van der Waals surface area contributed by atoms with Crippen LogP contribution in [0.5, 0.6) is 0 Å². The molecule has 2 rings (SSSR count). The standard InChI is InChI=1S/C11H19N3O2/c12-10(15)8-3-2-6-14(7-8)11(16)13-9-4-1-5-9/h8-9H,1-7H2,(H2,12,15)(H,13,16). The highest BCUT2D eigenvalue weighted by Gasteiger charge is 2.28. The van der Waals surface area contributed by atoms with Crippen LogP contribution < -0.4 is 11.1 Å². The number of amides is 3. The van der Waals surface area contributed by atoms with Gasteiger partial charge in [-0.1, -0.05) is 0 Å². The van der Waals surface area contributed by atoms with E-state index in [0.29, 0.717) is 12.6 Å². The number of hydrogen-bond donors (Lipinski definition) is 2. The Morgan fingerprint density at radius 1 is 1.19 bits per heavy atom. The molecular weight excluding hydrogens is 206 g/mol. The van der Waals surface area contributed by atoms with E-state index in [1.54, 1.807) is 4.90 Å². The summed E-state index contributed by atoms with van der Waals surface area (Å²) >= 11 is 0. The molecule has 1 unspecified atom stereocenters. The molecule has 2 fully saturated rings. The minimum absolute atomic E-state index is 0.0318. The molecule has 1 heterocycles. The monoisotopic (exact) mass is 225 g/mol. The van der Waals surface area contributed by atoms with Crippen molar-refractivity contribution in [1.29, 1.82) is 0 Å². The van der Waals surface area contributed by atoms with Gasteiger partial charge in [0.2, 0.25) is 5.91 Å². The minimum Gasteiger partial charge on any atom is -0.369 e. The van der Waals surface area contributed by atoms with E-state index in [2.05, 4.69) is 5.32 Å². The summed E-state index contributed by atoms with van der Waals surface area (Å²) in [6, 6.07) is 0.317. The lowest BCUT2D eigenvalue weighted by Gasteiger charge is -2.34. The molecule has 0 aromatic carbocycles. The first-order valence-corrected chi connectivity index (χ1v) is 6.01. The Kier molecular flexibility index (Phi) is 3.31. The summed E-state index contributed by atoms with van der Waals surface area (Å²) in [7, 11) is 0. The van der Waals surface area contributed by atoms with E-state index >= 15 is 0 Å². The molecule has 0 spiro atoms. The number of nitrogens with two attached hydrogens (primary N) is 1. The third-order valence-electron chi connectivity index (χ3n) is 3.54. The summed E-state index contributed by atoms with van der Waals surface area (Å²) in [4.78, 5) is 24.6. The van der Waals surface area contributed by atoms with Crippen LogP contribution in [0.4, 0.5) is 4.79 Å². The fourth-order valence-corrected chi connectivity index (χ4v) is 2.21. The molecule has 3 amide bonds. The van der Waals surface area contributed by atoms with Gasteiger partial charge in [0.1, 0.15) is 0 Å². The van der Waals surface area contributed by atoms with Crippen LogP contribution in [0, 0.1) is 5.92 Å². The predicted octanol–water partition coefficient (Wildman–Crippen LogP) is 0.446. The molecular formula is C11H19N3O2. The average Bonchev–Trinajstić information content (AvgIpc) is 2.23. The van der Waals surface area contributed by atoms with E-state index < -0.39 is 0 Å². The Labute approximate surface area is 95.3 Å². The van der Waals surface area contributed by atoms with Crippen molar-refractivity contribution in [1.82, 2.24) is 10.2 Å². The number of urea groups is 1. The van der Waals surface area contributed by atoms with Gasteiger partial charge < -0.3 is 16.0 Å². The third-order valence-corrected chi connectivity index (χ3v) is 3.54. The van der Waals surface area contributed by atoms with Crippen LogP contribution in [0.25, 0.3) is 0 Å². The second kappa shape index (κ2) is 4.72. The molecule has 1 saturated carbocycles. The van der Waals surface area contributed by atoms with Gasteiger partial charge in [-0.15, -0.1) is 0 Å². The fraction of sp³-hybridized carbons (Fsp3) is 0.818. The third kappa shape index (κ3) is 2.46. The van der Waals surface area contributed by atoms with Crippen LogP contribution in [0.15, 0.2) is 0 Å². The van der Waals surface area contributed by atoms with Crippen LogP contribution >= 0.6 is 0 Å². The molecule has 5 heteroatoms. The highest BCUT2D eigenvalue weighted by molar-refractivity contribution is 5.79. The molecule has 1 atom stereocenters. The van der Waals surface area contributed by atoms with Gasteiger partial charge in [-0.05, 0) is 32.1 Å². The van der Waals surface area contributed by atoms with Gasteiger partial charge in [-0.2, -0.15) is 0 Å². The topological polar surface area (TPSA) is 75.4 Å². The normalized spacial score (nSPS) is 26.0. The molecule has 2 aliphatic rings. The Morgan fingerprint density at radius 2 is 1.94 bits per heavy atom. The maximum Gasteiger partial charge on any atom is 0.317 e. The predicted molar refractivity (Wildman–Crippen MR) is 59.7 cm³/mol. The summed E-state index contributed by atoms with van der Waals surface area (Å²) in [6.07, 6.45) is 5.04. The second-order valence-corrected chi connectivity index (χ2v) is 4.76. The number of carbonyl (C=O) groups is 2. The van der Waals surface area contributed by atoms with E-state index in [0.717, 1.165) is 32.2 Å². The fourth-order valence-electron chi connectivity index (χ4n) is 2.21. The molecule has 90 valence electrons. The van der Waals surface area contributed by atoms with E-state index in [9.17, 15) is 9.59 Å². The largest absolute Gasteiger partial charge is 0.369 e. The smallest absolute Gasteiger partial charge is 0.317 e. The summed E-state index contributed by atoms with van der Waals surface area (Å²) in [5.41, 5.74) is 5.27. The van der Waals surface area contributed by atoms with Crippen molar-refractivity contribution in [3.63, 3.8) is 0 Å². The molecule has 0 bridgehead atoms. The lowest BCUT2D eigenvalue weighted by Crippen LogP contribution is -2.51. The maximum atomic E-state index is 11.8. The Hall–Kier alpha value is -1.26. The van der Waals surface area contributed by atoms with Crippen molar-refractivity contribution < 1.29 is 9.59 Å². The summed E-state index contributed by atoms with van der Waals surface area (Å²) in [5, 5.41) is 2.98. The Bertz CT molecular complexity index is 289. The molecule has 3 N–H and O–H groups in total. The number of hydrogen-bond acceptors (Lipinski definition) is 2. The van der Waals surface area contributed by atoms with Crippen molar-refractivity contribution in [3.8, 4) is 0 Å². The SMILES string of the molecule is NC(=O)C1CCCN(C(=O)NC2CCC2)C1. The van der Waals surface area contributed by atoms with E-state index in [1.807, 2.05) is 0 Å². The van der Waals surface area contributed by atoms with Gasteiger partial charge in [0.05, 0.1) is 5.92 Å². The van der Waals surface area contributed by atoms with E-state index in [4.69, 9.17) is 5.73 Å². The summed E-state index contributed by atoms with van der Waals surface area (Å²) in [5.74, 6) is -0.456. The Morgan fingerprint density at radius 3 is 2.50 bits per heavy atom. The maximum absolute atomic E-state index is 11.8. The van der Waals surface area contributed by atoms with Crippen molar-refractivity contribution in [2.75, 3.05) is 13.1 Å². The molecule has 0 aromatic heterocycles. The second-order valence-electron chi connectivity index (χ2n) is 4.76. The molecule has 1 aliphatic heterocycles. The number of rotatable bonds is 2. The molecule has 0 aromatic rings. The zero-order valence-corrected chi connectivity index (χ0v) is 9.45. The van der Waals surface area contributed by atoms with Gasteiger partial charge in [0.15, 0.2) is 0 Å². The highest BCUT2D eigenvalue weighted by atomic mass is 16.2. The molecule has 1 aliphatic carbocycles. The van der Waals surface area contributed by atoms with Gasteiger partial charge in [0, 0.05) is 19.1 Å². The quantitative estimate of drug-likeness (QED) is 0.715. The molecule has 16 heavy (non-hydrogen) atoms. The Balaban J connectivity index is 1.83. The lowest BCUT2D eigenvalue weighted by atomic mass is 9.93. The van der Waals surface area contributed by atoms with Crippen LogP contribution in [-0.2, 0) is 4.79 Å². The first-order chi connectivity index (χ1) is 7.66. The molecule has 0 radical (unpaired) electrons. The zero-order chi connectivity index (χ0) is 11.5. The van der Waals surface area contributed by atoms with Gasteiger partial charge in [0.25, 0.3) is 0 Å². The van der Waals surface area contributed by atoms with Crippen LogP contribution in [0.2, 0.25) is 0 Å². The van der Waals surface area contributed by atoms with E-state index in [1.165, 1.54) is 6.42 Å². The van der Waals surface area contributed by atoms with Crippen molar-refractivity contribution >= 4 is 11.9 Å². The summed E-state index contributed by atoms with van der Waals surface area (Å²) in [6.45, 7) is 1.22. The van der Waals surface area contributed by atoms with Gasteiger partial charge in [-0.3, -0.25) is 4.79 Å². The number of likely N-dealkylation sites (tertiary alicyclic amines) is 1. The van der Waals surface area contributed by atoms with Gasteiger partial charge >= 0.3 is 6.03 Å². The van der Waals surface area contributed by atoms with Crippen LogP contribution in [0.1, 0.15) is 32.1 Å². The molecule has 1 saturated heterocycles. The number of piperidine rings is 1. The first kappa shape index (κ1) is 11.2. The number of carbonyl (C=O) groups excluding carboxylic acids is 2.